The number of nitrogens with zero attached hydrogens (tertiary/aromatic N) is 2. The van der Waals surface area contributed by atoms with Crippen molar-refractivity contribution in [3.63, 3.8) is 0 Å². The highest BCUT2D eigenvalue weighted by Gasteiger charge is 2.41. The average molecular weight is 449 g/mol. The van der Waals surface area contributed by atoms with Gasteiger partial charge in [0.25, 0.3) is 0 Å². The first-order chi connectivity index (χ1) is 14.7. The van der Waals surface area contributed by atoms with Crippen molar-refractivity contribution in [1.29, 1.82) is 0 Å². The Bertz CT molecular complexity index is 1170. The summed E-state index contributed by atoms with van der Waals surface area (Å²) in [6.45, 7) is 2.19. The standard InChI is InChI=1S/C22H22ClFN2O5/c1-22(29)13-25(9-7-19(22)30-16-4-2-3-15(24)12-16)20(27)8-10-26-17-6-5-14(23)11-18(17)31-21(26)28/h2-6,11-12,19,29H,7-10,13H2,1H3/t19-,22-/m0/s1. The van der Waals surface area contributed by atoms with Gasteiger partial charge in [0.2, 0.25) is 5.91 Å². The lowest BCUT2D eigenvalue weighted by Crippen LogP contribution is -2.58. The predicted octanol–water partition coefficient (Wildman–Crippen LogP) is 3.21. The molecule has 164 valence electrons. The number of fused-ring (bicyclic) bond motifs is 1. The van der Waals surface area contributed by atoms with Crippen LogP contribution in [0.4, 0.5) is 4.39 Å². The Morgan fingerprint density at radius 2 is 2.16 bits per heavy atom. The predicted molar refractivity (Wildman–Crippen MR) is 113 cm³/mol. The lowest BCUT2D eigenvalue weighted by molar-refractivity contribution is -0.146. The number of halogens is 2. The fourth-order valence-corrected chi connectivity index (χ4v) is 4.03. The molecule has 1 aliphatic heterocycles. The molecule has 1 aromatic heterocycles. The van der Waals surface area contributed by atoms with Gasteiger partial charge >= 0.3 is 5.76 Å². The third-order valence-electron chi connectivity index (χ3n) is 5.47. The third kappa shape index (κ3) is 4.60. The van der Waals surface area contributed by atoms with Crippen LogP contribution in [-0.2, 0) is 11.3 Å². The molecule has 1 N–H and O–H groups in total. The van der Waals surface area contributed by atoms with Crippen molar-refractivity contribution >= 4 is 28.6 Å². The van der Waals surface area contributed by atoms with E-state index in [0.717, 1.165) is 0 Å². The second-order valence-electron chi connectivity index (χ2n) is 7.91. The average Bonchev–Trinajstić information content (AvgIpc) is 3.01. The summed E-state index contributed by atoms with van der Waals surface area (Å²) in [6.07, 6.45) is -0.117. The number of rotatable bonds is 5. The SMILES string of the molecule is C[C@]1(O)CN(C(=O)CCn2c(=O)oc3cc(Cl)ccc32)CC[C@@H]1Oc1cccc(F)c1. The number of likely N-dealkylation sites (tertiary alicyclic amines) is 1. The Hall–Kier alpha value is -2.84. The van der Waals surface area contributed by atoms with Crippen LogP contribution in [0.1, 0.15) is 19.8 Å². The van der Waals surface area contributed by atoms with Gasteiger partial charge in [0.15, 0.2) is 5.58 Å². The summed E-state index contributed by atoms with van der Waals surface area (Å²) in [6, 6.07) is 10.6. The number of oxazole rings is 1. The van der Waals surface area contributed by atoms with Gasteiger partial charge in [0.1, 0.15) is 23.3 Å². The summed E-state index contributed by atoms with van der Waals surface area (Å²) in [5.41, 5.74) is -0.379. The summed E-state index contributed by atoms with van der Waals surface area (Å²) in [5.74, 6) is -0.843. The summed E-state index contributed by atoms with van der Waals surface area (Å²) < 4.78 is 25.7. The van der Waals surface area contributed by atoms with Crippen molar-refractivity contribution in [3.8, 4) is 5.75 Å². The van der Waals surface area contributed by atoms with Crippen LogP contribution in [0, 0.1) is 5.82 Å². The van der Waals surface area contributed by atoms with Gasteiger partial charge in [-0.1, -0.05) is 17.7 Å². The maximum absolute atomic E-state index is 13.4. The molecular weight excluding hydrogens is 427 g/mol. The van der Waals surface area contributed by atoms with E-state index in [9.17, 15) is 19.1 Å². The van der Waals surface area contributed by atoms with Gasteiger partial charge in [-0.2, -0.15) is 0 Å². The van der Waals surface area contributed by atoms with Gasteiger partial charge in [-0.25, -0.2) is 9.18 Å². The number of aryl methyl sites for hydroxylation is 1. The second kappa shape index (κ2) is 8.36. The highest BCUT2D eigenvalue weighted by atomic mass is 35.5. The summed E-state index contributed by atoms with van der Waals surface area (Å²) in [4.78, 5) is 26.4. The number of aromatic nitrogens is 1. The van der Waals surface area contributed by atoms with E-state index in [0.29, 0.717) is 34.8 Å². The number of β-amino-alcohol motifs (C(OH)–C–C–N with tert-alkyl or cyclic N) is 1. The lowest BCUT2D eigenvalue weighted by Gasteiger charge is -2.42. The molecule has 0 saturated carbocycles. The largest absolute Gasteiger partial charge is 0.487 e. The number of benzene rings is 2. The fourth-order valence-electron chi connectivity index (χ4n) is 3.87. The Labute approximate surface area is 182 Å². The van der Waals surface area contributed by atoms with Crippen LogP contribution in [0.3, 0.4) is 0 Å². The van der Waals surface area contributed by atoms with Crippen LogP contribution in [0.25, 0.3) is 11.1 Å². The van der Waals surface area contributed by atoms with Gasteiger partial charge in [0.05, 0.1) is 12.1 Å². The van der Waals surface area contributed by atoms with Crippen LogP contribution in [0.15, 0.2) is 51.7 Å². The molecule has 2 aromatic carbocycles. The molecule has 0 unspecified atom stereocenters. The Morgan fingerprint density at radius 3 is 2.90 bits per heavy atom. The first-order valence-electron chi connectivity index (χ1n) is 9.94. The number of hydrogen-bond acceptors (Lipinski definition) is 5. The van der Waals surface area contributed by atoms with Gasteiger partial charge in [-0.3, -0.25) is 9.36 Å². The molecule has 1 aliphatic rings. The van der Waals surface area contributed by atoms with Gasteiger partial charge in [-0.05, 0) is 31.2 Å². The first kappa shape index (κ1) is 21.4. The Balaban J connectivity index is 1.39. The van der Waals surface area contributed by atoms with E-state index in [4.69, 9.17) is 20.8 Å². The molecule has 4 rings (SSSR count). The zero-order valence-electron chi connectivity index (χ0n) is 16.9. The van der Waals surface area contributed by atoms with Crippen molar-refractivity contribution in [1.82, 2.24) is 9.47 Å². The molecule has 31 heavy (non-hydrogen) atoms. The minimum Gasteiger partial charge on any atom is -0.487 e. The zero-order valence-corrected chi connectivity index (χ0v) is 17.6. The molecule has 1 fully saturated rings. The summed E-state index contributed by atoms with van der Waals surface area (Å²) in [5, 5.41) is 11.3. The number of aliphatic hydroxyl groups is 1. The van der Waals surface area contributed by atoms with Gasteiger partial charge < -0.3 is 19.2 Å². The van der Waals surface area contributed by atoms with E-state index < -0.39 is 23.3 Å². The molecule has 2 atom stereocenters. The number of hydrogen-bond donors (Lipinski definition) is 1. The highest BCUT2D eigenvalue weighted by molar-refractivity contribution is 6.31. The minimum absolute atomic E-state index is 0.0719. The van der Waals surface area contributed by atoms with Crippen LogP contribution in [0.2, 0.25) is 5.02 Å². The van der Waals surface area contributed by atoms with E-state index in [-0.39, 0.29) is 25.4 Å². The van der Waals surface area contributed by atoms with E-state index >= 15 is 0 Å². The molecule has 0 radical (unpaired) electrons. The number of piperidine rings is 1. The number of amides is 1. The first-order valence-corrected chi connectivity index (χ1v) is 10.3. The smallest absolute Gasteiger partial charge is 0.419 e. The maximum atomic E-state index is 13.4. The van der Waals surface area contributed by atoms with Crippen LogP contribution >= 0.6 is 11.6 Å². The number of ether oxygens (including phenoxy) is 1. The normalized spacial score (nSPS) is 21.4. The monoisotopic (exact) mass is 448 g/mol. The van der Waals surface area contributed by atoms with Crippen molar-refractivity contribution < 1.29 is 23.4 Å². The molecule has 1 amide bonds. The van der Waals surface area contributed by atoms with Gasteiger partial charge in [0, 0.05) is 43.1 Å². The van der Waals surface area contributed by atoms with Crippen LogP contribution in [0.5, 0.6) is 5.75 Å². The van der Waals surface area contributed by atoms with E-state index in [2.05, 4.69) is 0 Å². The van der Waals surface area contributed by atoms with E-state index in [1.807, 2.05) is 0 Å². The minimum atomic E-state index is -1.31. The molecule has 3 aromatic rings. The van der Waals surface area contributed by atoms with E-state index in [1.54, 1.807) is 36.1 Å². The molecule has 1 saturated heterocycles. The van der Waals surface area contributed by atoms with Crippen molar-refractivity contribution in [2.75, 3.05) is 13.1 Å². The van der Waals surface area contributed by atoms with Crippen molar-refractivity contribution in [2.45, 2.75) is 38.0 Å². The summed E-state index contributed by atoms with van der Waals surface area (Å²) in [7, 11) is 0. The molecule has 2 heterocycles. The van der Waals surface area contributed by atoms with E-state index in [1.165, 1.54) is 22.8 Å². The molecule has 9 heteroatoms. The quantitative estimate of drug-likeness (QED) is 0.648. The molecule has 0 aliphatic carbocycles. The number of carbonyl (C=O) groups excluding carboxylic acids is 1. The Kier molecular flexibility index (Phi) is 5.77. The zero-order chi connectivity index (χ0) is 22.2. The second-order valence-corrected chi connectivity index (χ2v) is 8.34. The van der Waals surface area contributed by atoms with Crippen molar-refractivity contribution in [2.24, 2.45) is 0 Å². The lowest BCUT2D eigenvalue weighted by atomic mass is 9.91. The molecule has 0 spiro atoms. The van der Waals surface area contributed by atoms with Gasteiger partial charge in [-0.15, -0.1) is 0 Å². The molecule has 0 bridgehead atoms. The molecular formula is C22H22ClFN2O5. The van der Waals surface area contributed by atoms with Crippen LogP contribution in [-0.4, -0.2) is 45.3 Å². The maximum Gasteiger partial charge on any atom is 0.419 e. The Morgan fingerprint density at radius 1 is 1.35 bits per heavy atom. The fraction of sp³-hybridized carbons (Fsp3) is 0.364. The van der Waals surface area contributed by atoms with Crippen LogP contribution < -0.4 is 10.5 Å². The number of carbonyl (C=O) groups is 1. The molecule has 7 nitrogen and oxygen atoms in total. The summed E-state index contributed by atoms with van der Waals surface area (Å²) >= 11 is 5.92. The highest BCUT2D eigenvalue weighted by Crippen LogP contribution is 2.27. The van der Waals surface area contributed by atoms with Crippen molar-refractivity contribution in [3.05, 3.63) is 63.9 Å². The topological polar surface area (TPSA) is 84.9 Å². The third-order valence-corrected chi connectivity index (χ3v) is 5.71.